The molecule has 1 atom stereocenters. The molecule has 0 unspecified atom stereocenters. The molecule has 0 saturated carbocycles. The Kier molecular flexibility index (Phi) is 6.02. The van der Waals surface area contributed by atoms with Crippen molar-refractivity contribution in [1.29, 1.82) is 0 Å². The van der Waals surface area contributed by atoms with Crippen LogP contribution in [-0.4, -0.2) is 41.1 Å². The quantitative estimate of drug-likeness (QED) is 0.786. The zero-order valence-corrected chi connectivity index (χ0v) is 16.8. The third-order valence-electron chi connectivity index (χ3n) is 6.07. The molecule has 4 heteroatoms. The van der Waals surface area contributed by atoms with Gasteiger partial charge in [0.15, 0.2) is 0 Å². The van der Waals surface area contributed by atoms with Crippen molar-refractivity contribution < 1.29 is 4.79 Å². The van der Waals surface area contributed by atoms with Gasteiger partial charge in [-0.25, -0.2) is 0 Å². The van der Waals surface area contributed by atoms with Crippen LogP contribution in [0.3, 0.4) is 0 Å². The summed E-state index contributed by atoms with van der Waals surface area (Å²) in [6.07, 6.45) is 4.99. The first kappa shape index (κ1) is 19.0. The summed E-state index contributed by atoms with van der Waals surface area (Å²) in [5.41, 5.74) is 4.55. The van der Waals surface area contributed by atoms with Crippen molar-refractivity contribution in [3.63, 3.8) is 0 Å². The van der Waals surface area contributed by atoms with Gasteiger partial charge in [-0.05, 0) is 77.3 Å². The Bertz CT molecular complexity index is 777. The van der Waals surface area contributed by atoms with Gasteiger partial charge in [-0.3, -0.25) is 4.79 Å². The van der Waals surface area contributed by atoms with E-state index in [1.165, 1.54) is 48.0 Å². The molecule has 1 aliphatic heterocycles. The minimum Gasteiger partial charge on any atom is -0.352 e. The van der Waals surface area contributed by atoms with Crippen LogP contribution in [-0.2, 0) is 6.54 Å². The van der Waals surface area contributed by atoms with E-state index in [1.54, 1.807) is 0 Å². The molecule has 1 saturated heterocycles. The molecule has 1 aliphatic rings. The van der Waals surface area contributed by atoms with E-state index < -0.39 is 0 Å². The Balaban J connectivity index is 1.58. The molecule has 26 heavy (non-hydrogen) atoms. The number of aromatic nitrogens is 1. The molecule has 0 bridgehead atoms. The van der Waals surface area contributed by atoms with Gasteiger partial charge < -0.3 is 14.8 Å². The number of likely N-dealkylation sites (tertiary alicyclic amines) is 1. The lowest BCUT2D eigenvalue weighted by atomic mass is 10.0. The molecule has 1 fully saturated rings. The van der Waals surface area contributed by atoms with Crippen LogP contribution < -0.4 is 5.32 Å². The maximum atomic E-state index is 12.5. The zero-order valence-electron chi connectivity index (χ0n) is 16.8. The van der Waals surface area contributed by atoms with Crippen molar-refractivity contribution in [2.75, 3.05) is 19.6 Å². The maximum Gasteiger partial charge on any atom is 0.251 e. The van der Waals surface area contributed by atoms with E-state index in [9.17, 15) is 4.79 Å². The summed E-state index contributed by atoms with van der Waals surface area (Å²) in [5.74, 6) is 0.0416. The zero-order chi connectivity index (χ0) is 18.7. The van der Waals surface area contributed by atoms with Gasteiger partial charge in [-0.15, -0.1) is 0 Å². The predicted molar refractivity (Wildman–Crippen MR) is 109 cm³/mol. The fourth-order valence-corrected chi connectivity index (χ4v) is 4.27. The van der Waals surface area contributed by atoms with Crippen molar-refractivity contribution in [1.82, 2.24) is 14.8 Å². The molecule has 1 N–H and O–H groups in total. The third kappa shape index (κ3) is 3.80. The first-order valence-corrected chi connectivity index (χ1v) is 10.1. The van der Waals surface area contributed by atoms with Crippen LogP contribution in [0, 0.1) is 13.8 Å². The number of carbonyl (C=O) groups excluding carboxylic acids is 1. The summed E-state index contributed by atoms with van der Waals surface area (Å²) in [6.45, 7) is 12.8. The van der Waals surface area contributed by atoms with Crippen molar-refractivity contribution in [3.8, 4) is 0 Å². The van der Waals surface area contributed by atoms with Crippen molar-refractivity contribution in [3.05, 3.63) is 35.0 Å². The number of hydrogen-bond donors (Lipinski definition) is 1. The fourth-order valence-electron chi connectivity index (χ4n) is 4.27. The molecule has 4 nitrogen and oxygen atoms in total. The SMILES string of the molecule is CCn1c(C)c(C)c2cc(C(=O)NCCCN3CCCC[C@@H]3C)ccc21. The van der Waals surface area contributed by atoms with Gasteiger partial charge >= 0.3 is 0 Å². The van der Waals surface area contributed by atoms with Gasteiger partial charge in [0.2, 0.25) is 0 Å². The van der Waals surface area contributed by atoms with E-state index >= 15 is 0 Å². The second-order valence-electron chi connectivity index (χ2n) is 7.68. The Morgan fingerprint density at radius 2 is 2.08 bits per heavy atom. The number of amides is 1. The molecule has 2 heterocycles. The number of benzene rings is 1. The minimum atomic E-state index is 0.0416. The van der Waals surface area contributed by atoms with Gasteiger partial charge in [0, 0.05) is 47.8 Å². The number of fused-ring (bicyclic) bond motifs is 1. The third-order valence-corrected chi connectivity index (χ3v) is 6.07. The minimum absolute atomic E-state index is 0.0416. The van der Waals surface area contributed by atoms with Gasteiger partial charge in [0.25, 0.3) is 5.91 Å². The number of nitrogens with one attached hydrogen (secondary N) is 1. The lowest BCUT2D eigenvalue weighted by Gasteiger charge is -2.33. The van der Waals surface area contributed by atoms with Crippen LogP contribution >= 0.6 is 0 Å². The highest BCUT2D eigenvalue weighted by Gasteiger charge is 2.17. The highest BCUT2D eigenvalue weighted by molar-refractivity contribution is 5.99. The molecule has 1 aromatic carbocycles. The number of nitrogens with zero attached hydrogens (tertiary/aromatic N) is 2. The molecular formula is C22H33N3O. The number of rotatable bonds is 6. The number of piperidine rings is 1. The molecule has 0 spiro atoms. The van der Waals surface area contributed by atoms with Crippen molar-refractivity contribution >= 4 is 16.8 Å². The molecule has 0 aliphatic carbocycles. The van der Waals surface area contributed by atoms with Crippen LogP contribution in [0.2, 0.25) is 0 Å². The van der Waals surface area contributed by atoms with Gasteiger partial charge in [-0.2, -0.15) is 0 Å². The van der Waals surface area contributed by atoms with E-state index in [-0.39, 0.29) is 5.91 Å². The summed E-state index contributed by atoms with van der Waals surface area (Å²) in [4.78, 5) is 15.1. The number of hydrogen-bond acceptors (Lipinski definition) is 2. The topological polar surface area (TPSA) is 37.3 Å². The van der Waals surface area contributed by atoms with Crippen LogP contribution in [0.5, 0.6) is 0 Å². The largest absolute Gasteiger partial charge is 0.352 e. The first-order chi connectivity index (χ1) is 12.5. The van der Waals surface area contributed by atoms with E-state index in [2.05, 4.69) is 48.5 Å². The summed E-state index contributed by atoms with van der Waals surface area (Å²) in [7, 11) is 0. The summed E-state index contributed by atoms with van der Waals surface area (Å²) < 4.78 is 2.31. The number of aryl methyl sites for hydroxylation is 2. The van der Waals surface area contributed by atoms with Crippen molar-refractivity contribution in [2.24, 2.45) is 0 Å². The van der Waals surface area contributed by atoms with Crippen LogP contribution in [0.4, 0.5) is 0 Å². The van der Waals surface area contributed by atoms with E-state index in [4.69, 9.17) is 0 Å². The predicted octanol–water partition coefficient (Wildman–Crippen LogP) is 4.27. The summed E-state index contributed by atoms with van der Waals surface area (Å²) >= 11 is 0. The second kappa shape index (κ2) is 8.26. The highest BCUT2D eigenvalue weighted by atomic mass is 16.1. The molecule has 1 aromatic heterocycles. The molecule has 3 rings (SSSR count). The van der Waals surface area contributed by atoms with Crippen molar-refractivity contribution in [2.45, 2.75) is 66.0 Å². The van der Waals surface area contributed by atoms with E-state index in [0.29, 0.717) is 6.04 Å². The Morgan fingerprint density at radius 1 is 1.27 bits per heavy atom. The second-order valence-corrected chi connectivity index (χ2v) is 7.68. The van der Waals surface area contributed by atoms with E-state index in [1.807, 2.05) is 12.1 Å². The lowest BCUT2D eigenvalue weighted by Crippen LogP contribution is -2.39. The first-order valence-electron chi connectivity index (χ1n) is 10.1. The van der Waals surface area contributed by atoms with Crippen LogP contribution in [0.1, 0.15) is 61.1 Å². The van der Waals surface area contributed by atoms with Gasteiger partial charge in [0.1, 0.15) is 0 Å². The van der Waals surface area contributed by atoms with E-state index in [0.717, 1.165) is 31.6 Å². The Labute approximate surface area is 157 Å². The molecular weight excluding hydrogens is 322 g/mol. The average molecular weight is 356 g/mol. The molecule has 1 amide bonds. The van der Waals surface area contributed by atoms with Crippen LogP contribution in [0.15, 0.2) is 18.2 Å². The normalized spacial score (nSPS) is 18.4. The highest BCUT2D eigenvalue weighted by Crippen LogP contribution is 2.26. The molecule has 0 radical (unpaired) electrons. The lowest BCUT2D eigenvalue weighted by molar-refractivity contribution is 0.0949. The van der Waals surface area contributed by atoms with Gasteiger partial charge in [-0.1, -0.05) is 6.42 Å². The average Bonchev–Trinajstić information content (AvgIpc) is 2.89. The summed E-state index contributed by atoms with van der Waals surface area (Å²) in [5, 5.41) is 4.29. The van der Waals surface area contributed by atoms with Gasteiger partial charge in [0.05, 0.1) is 0 Å². The fraction of sp³-hybridized carbons (Fsp3) is 0.591. The molecule has 142 valence electrons. The number of carbonyl (C=O) groups is 1. The smallest absolute Gasteiger partial charge is 0.251 e. The monoisotopic (exact) mass is 355 g/mol. The summed E-state index contributed by atoms with van der Waals surface area (Å²) in [6, 6.07) is 6.78. The standard InChI is InChI=1S/C22H33N3O/c1-5-25-18(4)17(3)20-15-19(10-11-21(20)25)22(26)23-12-8-14-24-13-7-6-9-16(24)2/h10-11,15-16H,5-9,12-14H2,1-4H3,(H,23,26)/t16-/m0/s1. The van der Waals surface area contributed by atoms with Crippen LogP contribution in [0.25, 0.3) is 10.9 Å². The maximum absolute atomic E-state index is 12.5. The Hall–Kier alpha value is -1.81. The Morgan fingerprint density at radius 3 is 2.81 bits per heavy atom. The molecule has 2 aromatic rings.